The number of hydrogen-bond acceptors (Lipinski definition) is 3. The standard InChI is InChI=1S/C14H18N2O3/c1-11(17)15-8-9-16-14(18)7-6-12-4-3-5-13(10-12)19-2/h3-7,10H,8-9H2,1-2H3,(H,15,17)(H,16,18). The summed E-state index contributed by atoms with van der Waals surface area (Å²) in [5.41, 5.74) is 0.886. The first-order valence-corrected chi connectivity index (χ1v) is 5.96. The molecule has 5 heteroatoms. The van der Waals surface area contributed by atoms with Crippen LogP contribution in [0.2, 0.25) is 0 Å². The topological polar surface area (TPSA) is 67.4 Å². The summed E-state index contributed by atoms with van der Waals surface area (Å²) in [4.78, 5) is 22.1. The highest BCUT2D eigenvalue weighted by molar-refractivity contribution is 5.91. The Balaban J connectivity index is 2.38. The van der Waals surface area contributed by atoms with Crippen LogP contribution in [0.15, 0.2) is 30.3 Å². The van der Waals surface area contributed by atoms with E-state index in [0.29, 0.717) is 13.1 Å². The van der Waals surface area contributed by atoms with Gasteiger partial charge in [0, 0.05) is 26.1 Å². The summed E-state index contributed by atoms with van der Waals surface area (Å²) in [5, 5.41) is 5.26. The summed E-state index contributed by atoms with van der Waals surface area (Å²) in [7, 11) is 1.59. The fourth-order valence-corrected chi connectivity index (χ4v) is 1.40. The predicted molar refractivity (Wildman–Crippen MR) is 73.7 cm³/mol. The van der Waals surface area contributed by atoms with E-state index in [0.717, 1.165) is 11.3 Å². The van der Waals surface area contributed by atoms with Gasteiger partial charge in [-0.3, -0.25) is 9.59 Å². The van der Waals surface area contributed by atoms with Crippen molar-refractivity contribution >= 4 is 17.9 Å². The molecule has 1 aromatic rings. The van der Waals surface area contributed by atoms with E-state index in [1.807, 2.05) is 24.3 Å². The summed E-state index contributed by atoms with van der Waals surface area (Å²) in [6.07, 6.45) is 3.15. The Morgan fingerprint density at radius 2 is 2.00 bits per heavy atom. The zero-order chi connectivity index (χ0) is 14.1. The molecule has 102 valence electrons. The molecule has 0 aliphatic heterocycles. The van der Waals surface area contributed by atoms with Crippen molar-refractivity contribution in [1.29, 1.82) is 0 Å². The number of amides is 2. The van der Waals surface area contributed by atoms with E-state index in [9.17, 15) is 9.59 Å². The van der Waals surface area contributed by atoms with Gasteiger partial charge in [-0.2, -0.15) is 0 Å². The second kappa shape index (κ2) is 7.92. The lowest BCUT2D eigenvalue weighted by molar-refractivity contribution is -0.119. The van der Waals surface area contributed by atoms with Gasteiger partial charge in [0.2, 0.25) is 11.8 Å². The van der Waals surface area contributed by atoms with Crippen molar-refractivity contribution < 1.29 is 14.3 Å². The fraction of sp³-hybridized carbons (Fsp3) is 0.286. The third-order valence-corrected chi connectivity index (χ3v) is 2.32. The third-order valence-electron chi connectivity index (χ3n) is 2.32. The van der Waals surface area contributed by atoms with Crippen LogP contribution in [0.25, 0.3) is 6.08 Å². The Labute approximate surface area is 112 Å². The molecular weight excluding hydrogens is 244 g/mol. The van der Waals surface area contributed by atoms with Crippen LogP contribution in [0.1, 0.15) is 12.5 Å². The van der Waals surface area contributed by atoms with E-state index in [2.05, 4.69) is 10.6 Å². The van der Waals surface area contributed by atoms with Crippen molar-refractivity contribution in [1.82, 2.24) is 10.6 Å². The lowest BCUT2D eigenvalue weighted by Gasteiger charge is -2.03. The van der Waals surface area contributed by atoms with E-state index in [1.54, 1.807) is 13.2 Å². The Morgan fingerprint density at radius 1 is 1.26 bits per heavy atom. The van der Waals surface area contributed by atoms with Crippen molar-refractivity contribution in [3.8, 4) is 5.75 Å². The van der Waals surface area contributed by atoms with Crippen LogP contribution in [0.4, 0.5) is 0 Å². The van der Waals surface area contributed by atoms with Gasteiger partial charge in [-0.05, 0) is 23.8 Å². The number of nitrogens with one attached hydrogen (secondary N) is 2. The Hall–Kier alpha value is -2.30. The maximum Gasteiger partial charge on any atom is 0.244 e. The molecule has 0 bridgehead atoms. The molecule has 0 atom stereocenters. The zero-order valence-electron chi connectivity index (χ0n) is 11.1. The molecule has 1 aromatic carbocycles. The number of rotatable bonds is 6. The predicted octanol–water partition coefficient (Wildman–Crippen LogP) is 0.961. The summed E-state index contributed by atoms with van der Waals surface area (Å²) < 4.78 is 5.09. The summed E-state index contributed by atoms with van der Waals surface area (Å²) >= 11 is 0. The van der Waals surface area contributed by atoms with Crippen LogP contribution in [0, 0.1) is 0 Å². The van der Waals surface area contributed by atoms with Gasteiger partial charge in [-0.1, -0.05) is 12.1 Å². The lowest BCUT2D eigenvalue weighted by atomic mass is 10.2. The second-order valence-corrected chi connectivity index (χ2v) is 3.88. The molecule has 1 rings (SSSR count). The molecule has 0 aliphatic rings. The van der Waals surface area contributed by atoms with E-state index in [4.69, 9.17) is 4.74 Å². The number of carbonyl (C=O) groups is 2. The molecule has 2 amide bonds. The monoisotopic (exact) mass is 262 g/mol. The first-order chi connectivity index (χ1) is 9.11. The van der Waals surface area contributed by atoms with Gasteiger partial charge in [0.05, 0.1) is 7.11 Å². The minimum absolute atomic E-state index is 0.110. The van der Waals surface area contributed by atoms with E-state index >= 15 is 0 Å². The first kappa shape index (κ1) is 14.8. The van der Waals surface area contributed by atoms with E-state index in [-0.39, 0.29) is 11.8 Å². The van der Waals surface area contributed by atoms with Gasteiger partial charge in [0.15, 0.2) is 0 Å². The van der Waals surface area contributed by atoms with Crippen molar-refractivity contribution in [2.45, 2.75) is 6.92 Å². The SMILES string of the molecule is COc1cccc(C=CC(=O)NCCNC(C)=O)c1. The molecule has 0 saturated carbocycles. The van der Waals surface area contributed by atoms with Gasteiger partial charge < -0.3 is 15.4 Å². The van der Waals surface area contributed by atoms with Crippen LogP contribution >= 0.6 is 0 Å². The van der Waals surface area contributed by atoms with Crippen LogP contribution in [-0.4, -0.2) is 32.0 Å². The molecule has 0 radical (unpaired) electrons. The maximum atomic E-state index is 11.5. The second-order valence-electron chi connectivity index (χ2n) is 3.88. The zero-order valence-corrected chi connectivity index (χ0v) is 11.1. The summed E-state index contributed by atoms with van der Waals surface area (Å²) in [5.74, 6) is 0.433. The van der Waals surface area contributed by atoms with Crippen molar-refractivity contribution in [3.63, 3.8) is 0 Å². The van der Waals surface area contributed by atoms with Crippen LogP contribution in [0.5, 0.6) is 5.75 Å². The molecule has 2 N–H and O–H groups in total. The van der Waals surface area contributed by atoms with Crippen LogP contribution in [-0.2, 0) is 9.59 Å². The summed E-state index contributed by atoms with van der Waals surface area (Å²) in [6.45, 7) is 2.26. The highest BCUT2D eigenvalue weighted by Gasteiger charge is 1.96. The molecule has 0 spiro atoms. The third kappa shape index (κ3) is 6.26. The quantitative estimate of drug-likeness (QED) is 0.593. The first-order valence-electron chi connectivity index (χ1n) is 5.96. The van der Waals surface area contributed by atoms with Crippen LogP contribution < -0.4 is 15.4 Å². The average Bonchev–Trinajstić information content (AvgIpc) is 2.41. The molecule has 0 aliphatic carbocycles. The summed E-state index contributed by atoms with van der Waals surface area (Å²) in [6, 6.07) is 7.41. The van der Waals surface area contributed by atoms with Gasteiger partial charge in [-0.15, -0.1) is 0 Å². The molecular formula is C14H18N2O3. The normalized spacial score (nSPS) is 10.2. The molecule has 0 aromatic heterocycles. The van der Waals surface area contributed by atoms with Gasteiger partial charge >= 0.3 is 0 Å². The smallest absolute Gasteiger partial charge is 0.244 e. The average molecular weight is 262 g/mol. The Kier molecular flexibility index (Phi) is 6.15. The number of carbonyl (C=O) groups excluding carboxylic acids is 2. The highest BCUT2D eigenvalue weighted by atomic mass is 16.5. The number of hydrogen-bond donors (Lipinski definition) is 2. The molecule has 0 saturated heterocycles. The number of ether oxygens (including phenoxy) is 1. The van der Waals surface area contributed by atoms with E-state index < -0.39 is 0 Å². The molecule has 0 fully saturated rings. The van der Waals surface area contributed by atoms with Crippen LogP contribution in [0.3, 0.4) is 0 Å². The fourth-order valence-electron chi connectivity index (χ4n) is 1.40. The molecule has 0 heterocycles. The van der Waals surface area contributed by atoms with E-state index in [1.165, 1.54) is 13.0 Å². The largest absolute Gasteiger partial charge is 0.497 e. The highest BCUT2D eigenvalue weighted by Crippen LogP contribution is 2.13. The molecule has 19 heavy (non-hydrogen) atoms. The van der Waals surface area contributed by atoms with Gasteiger partial charge in [-0.25, -0.2) is 0 Å². The molecule has 0 unspecified atom stereocenters. The van der Waals surface area contributed by atoms with Crippen molar-refractivity contribution in [2.24, 2.45) is 0 Å². The lowest BCUT2D eigenvalue weighted by Crippen LogP contribution is -2.32. The number of benzene rings is 1. The maximum absolute atomic E-state index is 11.5. The Morgan fingerprint density at radius 3 is 2.68 bits per heavy atom. The molecule has 5 nitrogen and oxygen atoms in total. The number of methoxy groups -OCH3 is 1. The Bertz CT molecular complexity index is 470. The minimum atomic E-state index is -0.201. The van der Waals surface area contributed by atoms with Gasteiger partial charge in [0.1, 0.15) is 5.75 Å². The van der Waals surface area contributed by atoms with Crippen molar-refractivity contribution in [2.75, 3.05) is 20.2 Å². The van der Waals surface area contributed by atoms with Gasteiger partial charge in [0.25, 0.3) is 0 Å². The minimum Gasteiger partial charge on any atom is -0.497 e. The van der Waals surface area contributed by atoms with Crippen molar-refractivity contribution in [3.05, 3.63) is 35.9 Å².